The third kappa shape index (κ3) is 6.15. The Kier molecular flexibility index (Phi) is 8.20. The van der Waals surface area contributed by atoms with E-state index in [0.29, 0.717) is 39.8 Å². The molecular weight excluding hydrogens is 568 g/mol. The Morgan fingerprint density at radius 2 is 1.89 bits per heavy atom. The highest BCUT2D eigenvalue weighted by molar-refractivity contribution is 9.10. The van der Waals surface area contributed by atoms with Crippen LogP contribution in [0.5, 0.6) is 11.5 Å². The first-order chi connectivity index (χ1) is 17.8. The minimum absolute atomic E-state index is 0.0213. The molecule has 3 aromatic rings. The minimum atomic E-state index is -0.652. The van der Waals surface area contributed by atoms with E-state index in [9.17, 15) is 14.4 Å². The van der Waals surface area contributed by atoms with Crippen LogP contribution in [-0.2, 0) is 22.7 Å². The lowest BCUT2D eigenvalue weighted by Gasteiger charge is -2.15. The molecule has 0 spiro atoms. The quantitative estimate of drug-likeness (QED) is 0.198. The first-order valence-electron chi connectivity index (χ1n) is 11.1. The molecule has 9 nitrogen and oxygen atoms in total. The van der Waals surface area contributed by atoms with E-state index in [4.69, 9.17) is 25.5 Å². The number of ether oxygens (including phenoxy) is 3. The van der Waals surface area contributed by atoms with E-state index in [2.05, 4.69) is 26.0 Å². The summed E-state index contributed by atoms with van der Waals surface area (Å²) in [5.74, 6) is 0.0121. The number of rotatable bonds is 9. The third-order valence-corrected chi connectivity index (χ3v) is 6.10. The Bertz CT molecular complexity index is 1370. The van der Waals surface area contributed by atoms with Crippen molar-refractivity contribution in [1.29, 1.82) is 0 Å². The molecule has 1 fully saturated rings. The van der Waals surface area contributed by atoms with Gasteiger partial charge in [0.2, 0.25) is 5.76 Å². The summed E-state index contributed by atoms with van der Waals surface area (Å²) in [5, 5.41) is 3.21. The lowest BCUT2D eigenvalue weighted by atomic mass is 10.1. The van der Waals surface area contributed by atoms with Gasteiger partial charge in [-0.15, -0.1) is 0 Å². The average molecular weight is 590 g/mol. The molecule has 0 unspecified atom stereocenters. The van der Waals surface area contributed by atoms with E-state index in [1.165, 1.54) is 19.2 Å². The molecule has 1 aromatic heterocycles. The van der Waals surface area contributed by atoms with Crippen molar-refractivity contribution in [1.82, 2.24) is 10.2 Å². The molecule has 0 atom stereocenters. The highest BCUT2D eigenvalue weighted by Crippen LogP contribution is 2.38. The molecule has 0 saturated carbocycles. The largest absolute Gasteiger partial charge is 0.490 e. The zero-order valence-electron chi connectivity index (χ0n) is 19.9. The maximum absolute atomic E-state index is 12.9. The minimum Gasteiger partial charge on any atom is -0.490 e. The maximum Gasteiger partial charge on any atom is 0.373 e. The van der Waals surface area contributed by atoms with Gasteiger partial charge < -0.3 is 23.9 Å². The van der Waals surface area contributed by atoms with Gasteiger partial charge in [-0.2, -0.15) is 0 Å². The molecule has 3 amide bonds. The zero-order chi connectivity index (χ0) is 26.5. The Morgan fingerprint density at radius 3 is 2.59 bits per heavy atom. The van der Waals surface area contributed by atoms with Crippen molar-refractivity contribution in [3.05, 3.63) is 86.4 Å². The van der Waals surface area contributed by atoms with E-state index < -0.39 is 17.9 Å². The van der Waals surface area contributed by atoms with Crippen LogP contribution in [0.25, 0.3) is 6.08 Å². The predicted octanol–water partition coefficient (Wildman–Crippen LogP) is 5.55. The fourth-order valence-electron chi connectivity index (χ4n) is 3.52. The highest BCUT2D eigenvalue weighted by atomic mass is 79.9. The summed E-state index contributed by atoms with van der Waals surface area (Å²) in [6.07, 6.45) is 1.54. The molecule has 4 rings (SSSR count). The lowest BCUT2D eigenvalue weighted by molar-refractivity contribution is -0.123. The van der Waals surface area contributed by atoms with Crippen LogP contribution in [-0.4, -0.2) is 36.5 Å². The number of imide groups is 1. The normalized spacial score (nSPS) is 14.2. The Balaban J connectivity index is 1.52. The number of benzene rings is 2. The second kappa shape index (κ2) is 11.5. The molecule has 0 aliphatic carbocycles. The van der Waals surface area contributed by atoms with Crippen LogP contribution < -0.4 is 14.8 Å². The average Bonchev–Trinajstić information content (AvgIpc) is 3.45. The van der Waals surface area contributed by atoms with Crippen molar-refractivity contribution < 1.29 is 33.0 Å². The van der Waals surface area contributed by atoms with E-state index in [1.54, 1.807) is 30.3 Å². The monoisotopic (exact) mass is 588 g/mol. The summed E-state index contributed by atoms with van der Waals surface area (Å²) in [5.41, 5.74) is 1.61. The van der Waals surface area contributed by atoms with Crippen molar-refractivity contribution in [2.24, 2.45) is 0 Å². The van der Waals surface area contributed by atoms with Gasteiger partial charge in [-0.1, -0.05) is 23.7 Å². The summed E-state index contributed by atoms with van der Waals surface area (Å²) < 4.78 is 22.3. The summed E-state index contributed by atoms with van der Waals surface area (Å²) in [7, 11) is 1.23. The standard InChI is InChI=1S/C26H22BrClN2O7/c1-3-35-22-12-16(10-19(27)23(22)36-14-15-4-6-17(28)7-5-15)11-20-24(31)30(26(33)29-20)13-18-8-9-21(37-18)25(32)34-2/h4-12H,3,13-14H2,1-2H3,(H,29,33)/b20-11-. The van der Waals surface area contributed by atoms with Crippen molar-refractivity contribution in [3.63, 3.8) is 0 Å². The second-order valence-electron chi connectivity index (χ2n) is 7.82. The van der Waals surface area contributed by atoms with Crippen molar-refractivity contribution >= 4 is 51.5 Å². The number of furan rings is 1. The summed E-state index contributed by atoms with van der Waals surface area (Å²) in [6, 6.07) is 13.1. The molecule has 1 aliphatic rings. The van der Waals surface area contributed by atoms with Gasteiger partial charge in [0.1, 0.15) is 18.1 Å². The number of carbonyl (C=O) groups excluding carboxylic acids is 3. The molecule has 11 heteroatoms. The Hall–Kier alpha value is -3.76. The molecule has 2 heterocycles. The van der Waals surface area contributed by atoms with Gasteiger partial charge in [-0.25, -0.2) is 9.59 Å². The maximum atomic E-state index is 12.9. The number of hydrogen-bond donors (Lipinski definition) is 1. The Morgan fingerprint density at radius 1 is 1.14 bits per heavy atom. The van der Waals surface area contributed by atoms with Gasteiger partial charge in [0.05, 0.1) is 24.7 Å². The molecule has 0 radical (unpaired) electrons. The van der Waals surface area contributed by atoms with Gasteiger partial charge in [0.25, 0.3) is 5.91 Å². The third-order valence-electron chi connectivity index (χ3n) is 5.26. The second-order valence-corrected chi connectivity index (χ2v) is 9.11. The number of urea groups is 1. The summed E-state index contributed by atoms with van der Waals surface area (Å²) in [6.45, 7) is 2.39. The number of nitrogens with one attached hydrogen (secondary N) is 1. The first kappa shape index (κ1) is 26.3. The van der Waals surface area contributed by atoms with E-state index in [-0.39, 0.29) is 23.8 Å². The number of carbonyl (C=O) groups is 3. The summed E-state index contributed by atoms with van der Waals surface area (Å²) in [4.78, 5) is 38.0. The van der Waals surface area contributed by atoms with Crippen LogP contribution in [0.2, 0.25) is 5.02 Å². The van der Waals surface area contributed by atoms with Crippen LogP contribution in [0.4, 0.5) is 4.79 Å². The summed E-state index contributed by atoms with van der Waals surface area (Å²) >= 11 is 9.46. The van der Waals surface area contributed by atoms with Crippen molar-refractivity contribution in [3.8, 4) is 11.5 Å². The topological polar surface area (TPSA) is 107 Å². The molecule has 1 aliphatic heterocycles. The van der Waals surface area contributed by atoms with Crippen LogP contribution >= 0.6 is 27.5 Å². The van der Waals surface area contributed by atoms with Gasteiger partial charge >= 0.3 is 12.0 Å². The van der Waals surface area contributed by atoms with Gasteiger partial charge in [0, 0.05) is 5.02 Å². The number of esters is 1. The fraction of sp³-hybridized carbons (Fsp3) is 0.192. The van der Waals surface area contributed by atoms with Gasteiger partial charge in [0.15, 0.2) is 11.5 Å². The van der Waals surface area contributed by atoms with Gasteiger partial charge in [-0.3, -0.25) is 9.69 Å². The molecule has 0 bridgehead atoms. The highest BCUT2D eigenvalue weighted by Gasteiger charge is 2.34. The van der Waals surface area contributed by atoms with Crippen LogP contribution in [0.3, 0.4) is 0 Å². The van der Waals surface area contributed by atoms with E-state index >= 15 is 0 Å². The van der Waals surface area contributed by atoms with Crippen LogP contribution in [0.1, 0.15) is 34.4 Å². The first-order valence-corrected chi connectivity index (χ1v) is 12.3. The number of nitrogens with zero attached hydrogens (tertiary/aromatic N) is 1. The lowest BCUT2D eigenvalue weighted by Crippen LogP contribution is -2.30. The smallest absolute Gasteiger partial charge is 0.373 e. The van der Waals surface area contributed by atoms with Crippen molar-refractivity contribution in [2.75, 3.05) is 13.7 Å². The SMILES string of the molecule is CCOc1cc(/C=C2\NC(=O)N(Cc3ccc(C(=O)OC)o3)C2=O)cc(Br)c1OCc1ccc(Cl)cc1. The number of amides is 3. The zero-order valence-corrected chi connectivity index (χ0v) is 22.2. The van der Waals surface area contributed by atoms with Crippen molar-refractivity contribution in [2.45, 2.75) is 20.1 Å². The van der Waals surface area contributed by atoms with Crippen LogP contribution in [0, 0.1) is 0 Å². The van der Waals surface area contributed by atoms with Gasteiger partial charge in [-0.05, 0) is 76.5 Å². The van der Waals surface area contributed by atoms with E-state index in [1.807, 2.05) is 19.1 Å². The molecular formula is C26H22BrClN2O7. The predicted molar refractivity (Wildman–Crippen MR) is 138 cm³/mol. The molecule has 1 N–H and O–H groups in total. The molecule has 2 aromatic carbocycles. The Labute approximate surface area is 226 Å². The number of halogens is 2. The molecule has 192 valence electrons. The number of hydrogen-bond acceptors (Lipinski definition) is 7. The molecule has 37 heavy (non-hydrogen) atoms. The van der Waals surface area contributed by atoms with E-state index in [0.717, 1.165) is 10.5 Å². The van der Waals surface area contributed by atoms with Crippen LogP contribution in [0.15, 0.2) is 63.1 Å². The molecule has 1 saturated heterocycles. The number of methoxy groups -OCH3 is 1. The fourth-order valence-corrected chi connectivity index (χ4v) is 4.22.